The van der Waals surface area contributed by atoms with E-state index in [4.69, 9.17) is 4.74 Å². The molecule has 0 spiro atoms. The Morgan fingerprint density at radius 2 is 1.82 bits per heavy atom. The average molecular weight is 450 g/mol. The van der Waals surface area contributed by atoms with Crippen LogP contribution in [0.2, 0.25) is 0 Å². The van der Waals surface area contributed by atoms with Crippen LogP contribution in [0.5, 0.6) is 0 Å². The number of carbonyl (C=O) groups is 2. The van der Waals surface area contributed by atoms with E-state index in [1.807, 2.05) is 42.5 Å². The van der Waals surface area contributed by atoms with Gasteiger partial charge in [-0.3, -0.25) is 9.80 Å². The molecule has 1 N–H and O–H groups in total. The molecule has 1 fully saturated rings. The first-order chi connectivity index (χ1) is 16.0. The minimum atomic E-state index is -0.635. The number of para-hydroxylation sites is 1. The molecule has 2 aromatic rings. The number of hydrogen-bond acceptors (Lipinski definition) is 7. The summed E-state index contributed by atoms with van der Waals surface area (Å²) in [5.74, 6) is -0.699. The number of benzene rings is 2. The number of nitrogens with one attached hydrogen (secondary N) is 1. The Morgan fingerprint density at radius 1 is 1.09 bits per heavy atom. The lowest BCUT2D eigenvalue weighted by Gasteiger charge is -2.35. The second kappa shape index (κ2) is 10.0. The number of esters is 1. The minimum absolute atomic E-state index is 0.192. The molecule has 1 atom stereocenters. The number of hydrogen-bond donors (Lipinski definition) is 1. The van der Waals surface area contributed by atoms with Crippen LogP contribution in [0, 0.1) is 6.92 Å². The summed E-state index contributed by atoms with van der Waals surface area (Å²) in [6, 6.07) is 14.8. The SMILES string of the molecule is CCOC(=O)C1=NN(c2ccccc2)C(C(=O)Nc2ccc(N3CCN(C)CC3)c(C)c2)C1. The fraction of sp³-hybridized carbons (Fsp3) is 0.400. The van der Waals surface area contributed by atoms with Crippen molar-refractivity contribution in [1.82, 2.24) is 4.90 Å². The van der Waals surface area contributed by atoms with E-state index in [2.05, 4.69) is 40.3 Å². The Hall–Kier alpha value is -3.39. The first-order valence-electron chi connectivity index (χ1n) is 11.4. The van der Waals surface area contributed by atoms with E-state index in [1.54, 1.807) is 11.9 Å². The van der Waals surface area contributed by atoms with E-state index < -0.39 is 12.0 Å². The number of aryl methyl sites for hydroxylation is 1. The molecule has 0 saturated carbocycles. The van der Waals surface area contributed by atoms with Crippen LogP contribution < -0.4 is 15.2 Å². The zero-order valence-corrected chi connectivity index (χ0v) is 19.5. The van der Waals surface area contributed by atoms with Gasteiger partial charge in [0.05, 0.1) is 12.3 Å². The van der Waals surface area contributed by atoms with Crippen molar-refractivity contribution in [2.24, 2.45) is 5.10 Å². The largest absolute Gasteiger partial charge is 0.461 e. The third kappa shape index (κ3) is 5.17. The lowest BCUT2D eigenvalue weighted by atomic mass is 10.1. The molecule has 8 heteroatoms. The topological polar surface area (TPSA) is 77.5 Å². The maximum absolute atomic E-state index is 13.3. The molecule has 2 heterocycles. The molecular weight excluding hydrogens is 418 g/mol. The Morgan fingerprint density at radius 3 is 2.48 bits per heavy atom. The number of ether oxygens (including phenoxy) is 1. The third-order valence-corrected chi connectivity index (χ3v) is 6.05. The number of rotatable bonds is 6. The quantitative estimate of drug-likeness (QED) is 0.684. The molecule has 0 aromatic heterocycles. The van der Waals surface area contributed by atoms with E-state index in [9.17, 15) is 9.59 Å². The van der Waals surface area contributed by atoms with Crippen molar-refractivity contribution in [3.05, 3.63) is 54.1 Å². The molecule has 1 amide bonds. The Balaban J connectivity index is 1.49. The molecule has 0 bridgehead atoms. The zero-order valence-electron chi connectivity index (χ0n) is 19.5. The number of amides is 1. The molecule has 2 aromatic carbocycles. The van der Waals surface area contributed by atoms with E-state index in [0.29, 0.717) is 0 Å². The highest BCUT2D eigenvalue weighted by Crippen LogP contribution is 2.28. The first-order valence-corrected chi connectivity index (χ1v) is 11.4. The molecule has 33 heavy (non-hydrogen) atoms. The number of likely N-dealkylation sites (N-methyl/N-ethyl adjacent to an activating group) is 1. The first kappa shape index (κ1) is 22.8. The van der Waals surface area contributed by atoms with Crippen LogP contribution in [0.4, 0.5) is 17.1 Å². The predicted molar refractivity (Wildman–Crippen MR) is 131 cm³/mol. The zero-order chi connectivity index (χ0) is 23.4. The van der Waals surface area contributed by atoms with Gasteiger partial charge in [0.1, 0.15) is 11.8 Å². The van der Waals surface area contributed by atoms with Crippen molar-refractivity contribution in [3.63, 3.8) is 0 Å². The second-order valence-corrected chi connectivity index (χ2v) is 8.45. The smallest absolute Gasteiger partial charge is 0.354 e. The molecule has 2 aliphatic heterocycles. The van der Waals surface area contributed by atoms with Crippen molar-refractivity contribution in [1.29, 1.82) is 0 Å². The summed E-state index contributed by atoms with van der Waals surface area (Å²) in [5, 5.41) is 9.05. The van der Waals surface area contributed by atoms with Crippen LogP contribution in [0.1, 0.15) is 18.9 Å². The Kier molecular flexibility index (Phi) is 6.93. The normalized spacial score (nSPS) is 18.8. The average Bonchev–Trinajstić information content (AvgIpc) is 3.27. The van der Waals surface area contributed by atoms with Gasteiger partial charge >= 0.3 is 5.97 Å². The van der Waals surface area contributed by atoms with Crippen LogP contribution in [0.3, 0.4) is 0 Å². The summed E-state index contributed by atoms with van der Waals surface area (Å²) in [7, 11) is 2.14. The lowest BCUT2D eigenvalue weighted by Crippen LogP contribution is -2.44. The van der Waals surface area contributed by atoms with Crippen molar-refractivity contribution in [2.45, 2.75) is 26.3 Å². The van der Waals surface area contributed by atoms with Gasteiger partial charge in [-0.1, -0.05) is 18.2 Å². The second-order valence-electron chi connectivity index (χ2n) is 8.45. The van der Waals surface area contributed by atoms with E-state index in [-0.39, 0.29) is 24.6 Å². The lowest BCUT2D eigenvalue weighted by molar-refractivity contribution is -0.135. The number of carbonyl (C=O) groups excluding carboxylic acids is 2. The maximum Gasteiger partial charge on any atom is 0.354 e. The molecule has 1 saturated heterocycles. The van der Waals surface area contributed by atoms with Gasteiger partial charge in [-0.25, -0.2) is 4.79 Å². The van der Waals surface area contributed by atoms with Crippen molar-refractivity contribution in [3.8, 4) is 0 Å². The van der Waals surface area contributed by atoms with Crippen LogP contribution in [0.25, 0.3) is 0 Å². The minimum Gasteiger partial charge on any atom is -0.461 e. The van der Waals surface area contributed by atoms with Crippen molar-refractivity contribution < 1.29 is 14.3 Å². The summed E-state index contributed by atoms with van der Waals surface area (Å²) in [6.07, 6.45) is 0.192. The fourth-order valence-electron chi connectivity index (χ4n) is 4.23. The van der Waals surface area contributed by atoms with Crippen molar-refractivity contribution in [2.75, 3.05) is 55.1 Å². The summed E-state index contributed by atoms with van der Waals surface area (Å²) < 4.78 is 5.11. The van der Waals surface area contributed by atoms with E-state index in [0.717, 1.165) is 43.1 Å². The van der Waals surface area contributed by atoms with E-state index >= 15 is 0 Å². The van der Waals surface area contributed by atoms with Crippen molar-refractivity contribution >= 4 is 34.7 Å². The summed E-state index contributed by atoms with van der Waals surface area (Å²) in [6.45, 7) is 8.14. The summed E-state index contributed by atoms with van der Waals surface area (Å²) in [5.41, 5.74) is 4.04. The number of hydrazone groups is 1. The molecule has 0 radical (unpaired) electrons. The highest BCUT2D eigenvalue weighted by atomic mass is 16.5. The van der Waals surface area contributed by atoms with Gasteiger partial charge in [-0.15, -0.1) is 0 Å². The standard InChI is InChI=1S/C25H31N5O3/c1-4-33-25(32)21-17-23(30(27-21)20-8-6-5-7-9-20)24(31)26-19-10-11-22(18(2)16-19)29-14-12-28(3)13-15-29/h5-11,16,23H,4,12-15,17H2,1-3H3,(H,26,31). The van der Waals surface area contributed by atoms with Gasteiger partial charge in [0.15, 0.2) is 0 Å². The van der Waals surface area contributed by atoms with E-state index in [1.165, 1.54) is 5.69 Å². The Bertz CT molecular complexity index is 1030. The van der Waals surface area contributed by atoms with Crippen LogP contribution in [0.15, 0.2) is 53.6 Å². The number of nitrogens with zero attached hydrogens (tertiary/aromatic N) is 4. The number of piperazine rings is 1. The molecule has 8 nitrogen and oxygen atoms in total. The molecular formula is C25H31N5O3. The Labute approximate surface area is 194 Å². The molecule has 4 rings (SSSR count). The van der Waals surface area contributed by atoms with Gasteiger partial charge in [0.25, 0.3) is 0 Å². The fourth-order valence-corrected chi connectivity index (χ4v) is 4.23. The highest BCUT2D eigenvalue weighted by Gasteiger charge is 2.37. The molecule has 0 aliphatic carbocycles. The van der Waals surface area contributed by atoms with Gasteiger partial charge < -0.3 is 19.9 Å². The van der Waals surface area contributed by atoms with Crippen LogP contribution in [-0.4, -0.2) is 68.4 Å². The van der Waals surface area contributed by atoms with Gasteiger partial charge in [0.2, 0.25) is 5.91 Å². The van der Waals surface area contributed by atoms with Gasteiger partial charge in [-0.2, -0.15) is 5.10 Å². The van der Waals surface area contributed by atoms with Gasteiger partial charge in [0, 0.05) is 44.0 Å². The number of anilines is 3. The molecule has 174 valence electrons. The maximum atomic E-state index is 13.3. The molecule has 2 aliphatic rings. The van der Waals surface area contributed by atoms with Gasteiger partial charge in [-0.05, 0) is 56.8 Å². The molecule has 1 unspecified atom stereocenters. The van der Waals surface area contributed by atoms with Crippen LogP contribution >= 0.6 is 0 Å². The van der Waals surface area contributed by atoms with Crippen LogP contribution in [-0.2, 0) is 14.3 Å². The predicted octanol–water partition coefficient (Wildman–Crippen LogP) is 2.88. The summed E-state index contributed by atoms with van der Waals surface area (Å²) >= 11 is 0. The highest BCUT2D eigenvalue weighted by molar-refractivity contribution is 6.38. The monoisotopic (exact) mass is 449 g/mol. The third-order valence-electron chi connectivity index (χ3n) is 6.05. The summed E-state index contributed by atoms with van der Waals surface area (Å²) in [4.78, 5) is 30.3.